The number of rotatable bonds is 5. The summed E-state index contributed by atoms with van der Waals surface area (Å²) in [6.45, 7) is 5.21. The third-order valence-corrected chi connectivity index (χ3v) is 7.80. The lowest BCUT2D eigenvalue weighted by atomic mass is 10.2. The lowest BCUT2D eigenvalue weighted by Crippen LogP contribution is -2.44. The third kappa shape index (κ3) is 4.19. The number of hydrogen-bond donors (Lipinski definition) is 0. The average molecular weight is 387 g/mol. The number of aromatic nitrogens is 3. The molecule has 2 aliphatic heterocycles. The van der Waals surface area contributed by atoms with Crippen LogP contribution in [-0.4, -0.2) is 63.3 Å². The second-order valence-electron chi connectivity index (χ2n) is 6.80. The minimum Gasteiger partial charge on any atom is -0.338 e. The van der Waals surface area contributed by atoms with Gasteiger partial charge in [-0.25, -0.2) is 8.42 Å². The lowest BCUT2D eigenvalue weighted by molar-refractivity contribution is -0.131. The molecule has 0 bridgehead atoms. The van der Waals surface area contributed by atoms with Gasteiger partial charge in [-0.1, -0.05) is 18.2 Å². The second-order valence-corrected chi connectivity index (χ2v) is 10.3. The van der Waals surface area contributed by atoms with Crippen molar-refractivity contribution in [1.29, 1.82) is 0 Å². The molecule has 1 aromatic rings. The Balaban J connectivity index is 1.69. The number of aryl methyl sites for hydroxylation is 1. The van der Waals surface area contributed by atoms with Crippen molar-refractivity contribution in [2.24, 2.45) is 0 Å². The van der Waals surface area contributed by atoms with E-state index in [0.29, 0.717) is 13.0 Å². The van der Waals surface area contributed by atoms with Crippen molar-refractivity contribution in [3.8, 4) is 0 Å². The van der Waals surface area contributed by atoms with Crippen molar-refractivity contribution in [2.75, 3.05) is 18.1 Å². The smallest absolute Gasteiger partial charge is 0.236 e. The number of fused-ring (bicyclic) bond motifs is 1. The van der Waals surface area contributed by atoms with E-state index in [1.54, 1.807) is 4.90 Å². The molecule has 7 nitrogen and oxygen atoms in total. The van der Waals surface area contributed by atoms with Crippen LogP contribution in [0.1, 0.15) is 45.4 Å². The van der Waals surface area contributed by atoms with Crippen LogP contribution in [0.25, 0.3) is 0 Å². The summed E-state index contributed by atoms with van der Waals surface area (Å²) >= 11 is 1.43. The van der Waals surface area contributed by atoms with Crippen molar-refractivity contribution in [3.05, 3.63) is 5.82 Å². The van der Waals surface area contributed by atoms with Gasteiger partial charge >= 0.3 is 0 Å². The molecule has 0 spiro atoms. The predicted octanol–water partition coefficient (Wildman–Crippen LogP) is 1.52. The van der Waals surface area contributed by atoms with E-state index in [-0.39, 0.29) is 28.7 Å². The van der Waals surface area contributed by atoms with Gasteiger partial charge in [0.15, 0.2) is 15.0 Å². The Morgan fingerprint density at radius 2 is 2.16 bits per heavy atom. The van der Waals surface area contributed by atoms with Gasteiger partial charge in [0.25, 0.3) is 0 Å². The molecule has 0 aliphatic carbocycles. The first kappa shape index (κ1) is 18.7. The van der Waals surface area contributed by atoms with E-state index in [9.17, 15) is 13.2 Å². The topological polar surface area (TPSA) is 85.2 Å². The predicted molar refractivity (Wildman–Crippen MR) is 97.3 cm³/mol. The molecular formula is C16H26N4O3S2. The van der Waals surface area contributed by atoms with Crippen LogP contribution in [0.5, 0.6) is 0 Å². The molecule has 0 saturated carbocycles. The van der Waals surface area contributed by atoms with E-state index in [4.69, 9.17) is 0 Å². The summed E-state index contributed by atoms with van der Waals surface area (Å²) in [5.74, 6) is 1.26. The molecule has 0 unspecified atom stereocenters. The molecule has 0 radical (unpaired) electrons. The molecule has 1 aromatic heterocycles. The van der Waals surface area contributed by atoms with E-state index in [0.717, 1.165) is 36.8 Å². The largest absolute Gasteiger partial charge is 0.338 e. The molecule has 3 rings (SSSR count). The van der Waals surface area contributed by atoms with E-state index in [1.165, 1.54) is 18.2 Å². The second kappa shape index (κ2) is 7.65. The number of nitrogens with zero attached hydrogens (tertiary/aromatic N) is 4. The molecular weight excluding hydrogens is 360 g/mol. The van der Waals surface area contributed by atoms with Gasteiger partial charge in [-0.05, 0) is 33.1 Å². The summed E-state index contributed by atoms with van der Waals surface area (Å²) in [6.07, 6.45) is 4.93. The molecule has 3 heterocycles. The maximum atomic E-state index is 12.9. The van der Waals surface area contributed by atoms with Crippen LogP contribution in [0.2, 0.25) is 0 Å². The molecule has 1 fully saturated rings. The fourth-order valence-electron chi connectivity index (χ4n) is 3.60. The highest BCUT2D eigenvalue weighted by molar-refractivity contribution is 8.00. The highest BCUT2D eigenvalue weighted by atomic mass is 32.2. The van der Waals surface area contributed by atoms with Crippen molar-refractivity contribution >= 4 is 27.5 Å². The van der Waals surface area contributed by atoms with Gasteiger partial charge in [0, 0.05) is 25.6 Å². The maximum absolute atomic E-state index is 12.9. The van der Waals surface area contributed by atoms with Crippen LogP contribution >= 0.6 is 11.8 Å². The van der Waals surface area contributed by atoms with Gasteiger partial charge in [0.2, 0.25) is 5.91 Å². The molecule has 1 saturated heterocycles. The van der Waals surface area contributed by atoms with Gasteiger partial charge < -0.3 is 9.47 Å². The van der Waals surface area contributed by atoms with Crippen LogP contribution < -0.4 is 0 Å². The van der Waals surface area contributed by atoms with Gasteiger partial charge in [-0.3, -0.25) is 4.79 Å². The van der Waals surface area contributed by atoms with E-state index in [1.807, 2.05) is 13.8 Å². The van der Waals surface area contributed by atoms with Crippen molar-refractivity contribution in [1.82, 2.24) is 19.7 Å². The van der Waals surface area contributed by atoms with Crippen LogP contribution in [0.3, 0.4) is 0 Å². The molecule has 2 aliphatic rings. The number of carbonyl (C=O) groups excluding carboxylic acids is 1. The first-order chi connectivity index (χ1) is 11.9. The van der Waals surface area contributed by atoms with Crippen LogP contribution in [-0.2, 0) is 27.6 Å². The van der Waals surface area contributed by atoms with Gasteiger partial charge in [0.1, 0.15) is 5.82 Å². The first-order valence-electron chi connectivity index (χ1n) is 9.01. The number of thioether (sulfide) groups is 1. The quantitative estimate of drug-likeness (QED) is 0.713. The molecule has 0 N–H and O–H groups in total. The summed E-state index contributed by atoms with van der Waals surface area (Å²) in [5, 5.41) is 9.05. The molecule has 25 heavy (non-hydrogen) atoms. The minimum atomic E-state index is -3.00. The van der Waals surface area contributed by atoms with Gasteiger partial charge in [-0.15, -0.1) is 10.2 Å². The van der Waals surface area contributed by atoms with Crippen LogP contribution in [0.4, 0.5) is 0 Å². The Hall–Kier alpha value is -1.09. The summed E-state index contributed by atoms with van der Waals surface area (Å²) < 4.78 is 25.6. The van der Waals surface area contributed by atoms with Gasteiger partial charge in [0.05, 0.1) is 16.8 Å². The number of carbonyl (C=O) groups is 1. The number of hydrogen-bond acceptors (Lipinski definition) is 6. The zero-order chi connectivity index (χ0) is 18.0. The molecule has 140 valence electrons. The first-order valence-corrected chi connectivity index (χ1v) is 11.7. The highest BCUT2D eigenvalue weighted by Crippen LogP contribution is 2.28. The zero-order valence-corrected chi connectivity index (χ0v) is 16.5. The van der Waals surface area contributed by atoms with Gasteiger partial charge in [-0.2, -0.15) is 0 Å². The van der Waals surface area contributed by atoms with Crippen molar-refractivity contribution < 1.29 is 13.2 Å². The summed E-state index contributed by atoms with van der Waals surface area (Å²) in [5.41, 5.74) is 0. The monoisotopic (exact) mass is 386 g/mol. The molecule has 9 heteroatoms. The Kier molecular flexibility index (Phi) is 5.72. The third-order valence-electron chi connectivity index (χ3n) is 4.98. The Bertz CT molecular complexity index is 732. The minimum absolute atomic E-state index is 0.0134. The summed E-state index contributed by atoms with van der Waals surface area (Å²) in [4.78, 5) is 14.6. The zero-order valence-electron chi connectivity index (χ0n) is 14.8. The summed E-state index contributed by atoms with van der Waals surface area (Å²) in [7, 11) is -3.00. The number of sulfone groups is 1. The lowest BCUT2D eigenvalue weighted by Gasteiger charge is -2.29. The van der Waals surface area contributed by atoms with Crippen molar-refractivity contribution in [3.63, 3.8) is 0 Å². The van der Waals surface area contributed by atoms with E-state index in [2.05, 4.69) is 14.8 Å². The Labute approximate surface area is 153 Å². The standard InChI is InChI=1S/C16H26N4O3S2/c1-3-19(13-8-10-25(22,23)11-13)15(21)12(2)24-16-18-17-14-7-5-4-6-9-20(14)16/h12-13H,3-11H2,1-2H3/t12-,13-/m0/s1. The normalized spacial score (nSPS) is 23.7. The Morgan fingerprint density at radius 3 is 2.84 bits per heavy atom. The SMILES string of the molecule is CCN(C(=O)[C@H](C)Sc1nnc2n1CCCCC2)[C@H]1CCS(=O)(=O)C1. The average Bonchev–Trinajstić information content (AvgIpc) is 3.02. The van der Waals surface area contributed by atoms with Crippen molar-refractivity contribution in [2.45, 2.75) is 68.9 Å². The fraction of sp³-hybridized carbons (Fsp3) is 0.812. The fourth-order valence-corrected chi connectivity index (χ4v) is 6.30. The Morgan fingerprint density at radius 1 is 1.36 bits per heavy atom. The number of amides is 1. The summed E-state index contributed by atoms with van der Waals surface area (Å²) in [6, 6.07) is -0.193. The highest BCUT2D eigenvalue weighted by Gasteiger charge is 2.35. The molecule has 1 amide bonds. The molecule has 2 atom stereocenters. The van der Waals surface area contributed by atoms with Crippen LogP contribution in [0.15, 0.2) is 5.16 Å². The van der Waals surface area contributed by atoms with E-state index < -0.39 is 9.84 Å². The van der Waals surface area contributed by atoms with E-state index >= 15 is 0 Å². The molecule has 0 aromatic carbocycles. The maximum Gasteiger partial charge on any atom is 0.236 e. The van der Waals surface area contributed by atoms with Crippen LogP contribution in [0, 0.1) is 0 Å².